The fourth-order valence-electron chi connectivity index (χ4n) is 1.64. The highest BCUT2D eigenvalue weighted by molar-refractivity contribution is 9.10. The molecule has 0 amide bonds. The standard InChI is InChI=1S/C12H15BrN4/c1-8-9(13)6-5-7-10(8)17-11(12(2,3)4)14-15-16-17/h5-7H,1-4H3. The van der Waals surface area contributed by atoms with Crippen molar-refractivity contribution in [3.05, 3.63) is 34.1 Å². The summed E-state index contributed by atoms with van der Waals surface area (Å²) in [7, 11) is 0. The molecule has 1 aromatic carbocycles. The topological polar surface area (TPSA) is 43.6 Å². The van der Waals surface area contributed by atoms with Gasteiger partial charge in [0.1, 0.15) is 0 Å². The number of rotatable bonds is 1. The summed E-state index contributed by atoms with van der Waals surface area (Å²) in [6, 6.07) is 6.02. The van der Waals surface area contributed by atoms with Gasteiger partial charge in [-0.2, -0.15) is 4.68 Å². The molecular weight excluding hydrogens is 280 g/mol. The minimum atomic E-state index is -0.0851. The maximum Gasteiger partial charge on any atom is 0.162 e. The molecule has 2 rings (SSSR count). The van der Waals surface area contributed by atoms with Crippen LogP contribution in [0, 0.1) is 6.92 Å². The summed E-state index contributed by atoms with van der Waals surface area (Å²) < 4.78 is 2.87. The molecule has 0 aliphatic carbocycles. The molecule has 0 aliphatic rings. The third-order valence-electron chi connectivity index (χ3n) is 2.61. The molecule has 0 atom stereocenters. The highest BCUT2D eigenvalue weighted by Gasteiger charge is 2.23. The van der Waals surface area contributed by atoms with Gasteiger partial charge >= 0.3 is 0 Å². The van der Waals surface area contributed by atoms with Gasteiger partial charge in [-0.05, 0) is 35.0 Å². The lowest BCUT2D eigenvalue weighted by Gasteiger charge is -2.18. The van der Waals surface area contributed by atoms with Gasteiger partial charge in [0, 0.05) is 9.89 Å². The molecule has 90 valence electrons. The van der Waals surface area contributed by atoms with Crippen LogP contribution in [0.5, 0.6) is 0 Å². The third kappa shape index (κ3) is 2.24. The molecule has 0 spiro atoms. The minimum Gasteiger partial charge on any atom is -0.197 e. The second-order valence-corrected chi connectivity index (χ2v) is 5.90. The van der Waals surface area contributed by atoms with Crippen molar-refractivity contribution >= 4 is 15.9 Å². The summed E-state index contributed by atoms with van der Waals surface area (Å²) in [5.41, 5.74) is 2.05. The van der Waals surface area contributed by atoms with Gasteiger partial charge in [0.15, 0.2) is 5.82 Å². The molecule has 2 aromatic rings. The zero-order valence-corrected chi connectivity index (χ0v) is 12.0. The van der Waals surface area contributed by atoms with Gasteiger partial charge in [-0.25, -0.2) is 0 Å². The molecule has 0 fully saturated rings. The fraction of sp³-hybridized carbons (Fsp3) is 0.417. The van der Waals surface area contributed by atoms with Gasteiger partial charge in [0.05, 0.1) is 5.69 Å². The number of halogens is 1. The van der Waals surface area contributed by atoms with Gasteiger partial charge in [-0.3, -0.25) is 0 Å². The molecule has 1 aromatic heterocycles. The first kappa shape index (κ1) is 12.2. The van der Waals surface area contributed by atoms with Crippen molar-refractivity contribution in [2.24, 2.45) is 0 Å². The average Bonchev–Trinajstić information content (AvgIpc) is 2.70. The molecule has 0 saturated heterocycles. The van der Waals surface area contributed by atoms with Crippen LogP contribution >= 0.6 is 15.9 Å². The van der Waals surface area contributed by atoms with E-state index >= 15 is 0 Å². The number of benzene rings is 1. The van der Waals surface area contributed by atoms with E-state index in [4.69, 9.17) is 0 Å². The molecule has 0 unspecified atom stereocenters. The van der Waals surface area contributed by atoms with Crippen LogP contribution in [0.25, 0.3) is 5.69 Å². The van der Waals surface area contributed by atoms with Crippen molar-refractivity contribution in [1.82, 2.24) is 20.2 Å². The van der Waals surface area contributed by atoms with E-state index in [1.54, 1.807) is 4.68 Å². The van der Waals surface area contributed by atoms with E-state index in [0.29, 0.717) is 0 Å². The number of hydrogen-bond donors (Lipinski definition) is 0. The number of hydrogen-bond acceptors (Lipinski definition) is 3. The Morgan fingerprint density at radius 2 is 1.94 bits per heavy atom. The zero-order valence-electron chi connectivity index (χ0n) is 10.4. The average molecular weight is 295 g/mol. The van der Waals surface area contributed by atoms with Crippen LogP contribution in [0.4, 0.5) is 0 Å². The van der Waals surface area contributed by atoms with Crippen LogP contribution in [-0.4, -0.2) is 20.2 Å². The number of nitrogens with zero attached hydrogens (tertiary/aromatic N) is 4. The predicted molar refractivity (Wildman–Crippen MR) is 70.3 cm³/mol. The lowest BCUT2D eigenvalue weighted by Crippen LogP contribution is -2.19. The summed E-state index contributed by atoms with van der Waals surface area (Å²) >= 11 is 3.52. The van der Waals surface area contributed by atoms with E-state index in [1.165, 1.54) is 0 Å². The molecular formula is C12H15BrN4. The van der Waals surface area contributed by atoms with Gasteiger partial charge in [0.25, 0.3) is 0 Å². The van der Waals surface area contributed by atoms with Crippen molar-refractivity contribution in [3.63, 3.8) is 0 Å². The number of tetrazole rings is 1. The van der Waals surface area contributed by atoms with Crippen molar-refractivity contribution in [2.45, 2.75) is 33.1 Å². The summed E-state index contributed by atoms with van der Waals surface area (Å²) in [5, 5.41) is 12.0. The van der Waals surface area contributed by atoms with Crippen LogP contribution < -0.4 is 0 Å². The SMILES string of the molecule is Cc1c(Br)cccc1-n1nnnc1C(C)(C)C. The first-order valence-electron chi connectivity index (χ1n) is 5.45. The second-order valence-electron chi connectivity index (χ2n) is 5.05. The largest absolute Gasteiger partial charge is 0.197 e. The summed E-state index contributed by atoms with van der Waals surface area (Å²) in [6.45, 7) is 8.35. The van der Waals surface area contributed by atoms with Crippen LogP contribution in [0.2, 0.25) is 0 Å². The maximum atomic E-state index is 4.12. The molecule has 0 bridgehead atoms. The first-order chi connectivity index (χ1) is 7.91. The van der Waals surface area contributed by atoms with Gasteiger partial charge in [0.2, 0.25) is 0 Å². The predicted octanol–water partition coefficient (Wildman–Crippen LogP) is 3.03. The Balaban J connectivity index is 2.62. The van der Waals surface area contributed by atoms with E-state index in [-0.39, 0.29) is 5.41 Å². The lowest BCUT2D eigenvalue weighted by molar-refractivity contribution is 0.525. The molecule has 0 N–H and O–H groups in total. The van der Waals surface area contributed by atoms with Gasteiger partial charge < -0.3 is 0 Å². The summed E-state index contributed by atoms with van der Waals surface area (Å²) in [5.74, 6) is 0.860. The Bertz CT molecular complexity index is 540. The first-order valence-corrected chi connectivity index (χ1v) is 6.25. The van der Waals surface area contributed by atoms with E-state index in [0.717, 1.165) is 21.5 Å². The van der Waals surface area contributed by atoms with E-state index in [1.807, 2.05) is 25.1 Å². The lowest BCUT2D eigenvalue weighted by atomic mass is 9.95. The molecule has 0 radical (unpaired) electrons. The van der Waals surface area contributed by atoms with Crippen LogP contribution in [0.3, 0.4) is 0 Å². The zero-order chi connectivity index (χ0) is 12.6. The molecule has 0 saturated carbocycles. The molecule has 17 heavy (non-hydrogen) atoms. The Kier molecular flexibility index (Phi) is 3.03. The van der Waals surface area contributed by atoms with E-state index < -0.39 is 0 Å². The quantitative estimate of drug-likeness (QED) is 0.812. The normalized spacial score (nSPS) is 11.8. The highest BCUT2D eigenvalue weighted by atomic mass is 79.9. The Morgan fingerprint density at radius 3 is 2.59 bits per heavy atom. The van der Waals surface area contributed by atoms with E-state index in [9.17, 15) is 0 Å². The van der Waals surface area contributed by atoms with Crippen LogP contribution in [0.15, 0.2) is 22.7 Å². The van der Waals surface area contributed by atoms with E-state index in [2.05, 4.69) is 52.2 Å². The van der Waals surface area contributed by atoms with Crippen molar-refractivity contribution in [1.29, 1.82) is 0 Å². The monoisotopic (exact) mass is 294 g/mol. The molecule has 0 aliphatic heterocycles. The Labute approximate surface area is 109 Å². The van der Waals surface area contributed by atoms with Gasteiger partial charge in [-0.15, -0.1) is 5.10 Å². The molecule has 4 nitrogen and oxygen atoms in total. The molecule has 1 heterocycles. The summed E-state index contributed by atoms with van der Waals surface area (Å²) in [4.78, 5) is 0. The maximum absolute atomic E-state index is 4.12. The number of aromatic nitrogens is 4. The van der Waals surface area contributed by atoms with Crippen molar-refractivity contribution in [2.75, 3.05) is 0 Å². The van der Waals surface area contributed by atoms with Crippen LogP contribution in [-0.2, 0) is 5.41 Å². The van der Waals surface area contributed by atoms with Crippen LogP contribution in [0.1, 0.15) is 32.2 Å². The molecule has 5 heteroatoms. The third-order valence-corrected chi connectivity index (χ3v) is 3.47. The smallest absolute Gasteiger partial charge is 0.162 e. The van der Waals surface area contributed by atoms with Gasteiger partial charge in [-0.1, -0.05) is 42.8 Å². The van der Waals surface area contributed by atoms with Crippen molar-refractivity contribution < 1.29 is 0 Å². The summed E-state index contributed by atoms with van der Waals surface area (Å²) in [6.07, 6.45) is 0. The fourth-order valence-corrected chi connectivity index (χ4v) is 2.00. The Morgan fingerprint density at radius 1 is 1.24 bits per heavy atom. The minimum absolute atomic E-state index is 0.0851. The highest BCUT2D eigenvalue weighted by Crippen LogP contribution is 2.26. The van der Waals surface area contributed by atoms with Crippen molar-refractivity contribution in [3.8, 4) is 5.69 Å². The second kappa shape index (κ2) is 4.22. The Hall–Kier alpha value is -1.23.